The van der Waals surface area contributed by atoms with Gasteiger partial charge >= 0.3 is 0 Å². The zero-order valence-electron chi connectivity index (χ0n) is 9.70. The average Bonchev–Trinajstić information content (AvgIpc) is 2.88. The molecule has 0 spiro atoms. The van der Waals surface area contributed by atoms with Gasteiger partial charge in [-0.2, -0.15) is 0 Å². The lowest BCUT2D eigenvalue weighted by Gasteiger charge is -2.23. The van der Waals surface area contributed by atoms with Crippen LogP contribution in [-0.4, -0.2) is 24.4 Å². The van der Waals surface area contributed by atoms with Crippen LogP contribution in [0.25, 0.3) is 5.57 Å². The molecule has 2 bridgehead atoms. The van der Waals surface area contributed by atoms with Crippen molar-refractivity contribution in [3.05, 3.63) is 22.6 Å². The first-order chi connectivity index (χ1) is 8.28. The molecule has 1 fully saturated rings. The number of nitrogens with one attached hydrogen (secondary N) is 1. The second-order valence-corrected chi connectivity index (χ2v) is 5.08. The van der Waals surface area contributed by atoms with Gasteiger partial charge in [-0.1, -0.05) is 16.8 Å². The van der Waals surface area contributed by atoms with Gasteiger partial charge in [0.1, 0.15) is 12.3 Å². The van der Waals surface area contributed by atoms with E-state index in [4.69, 9.17) is 20.9 Å². The molecule has 0 aromatic carbocycles. The van der Waals surface area contributed by atoms with Crippen molar-refractivity contribution in [1.82, 2.24) is 10.5 Å². The first-order valence-electron chi connectivity index (χ1n) is 5.87. The van der Waals surface area contributed by atoms with Gasteiger partial charge in [0.15, 0.2) is 5.76 Å². The summed E-state index contributed by atoms with van der Waals surface area (Å²) in [5, 5.41) is 8.57. The Hall–Kier alpha value is -0.840. The van der Waals surface area contributed by atoms with Gasteiger partial charge in [0.05, 0.1) is 0 Å². The molecule has 17 heavy (non-hydrogen) atoms. The molecule has 2 atom stereocenters. The van der Waals surface area contributed by atoms with E-state index in [-0.39, 0.29) is 0 Å². The molecular formula is C12H15ClN2O2. The normalized spacial score (nSPS) is 27.9. The van der Waals surface area contributed by atoms with E-state index in [0.717, 1.165) is 34.9 Å². The van der Waals surface area contributed by atoms with E-state index in [9.17, 15) is 0 Å². The molecule has 2 aliphatic rings. The number of ether oxygens (including phenoxy) is 1. The molecular weight excluding hydrogens is 240 g/mol. The van der Waals surface area contributed by atoms with Crippen molar-refractivity contribution in [3.63, 3.8) is 0 Å². The van der Waals surface area contributed by atoms with Gasteiger partial charge in [-0.3, -0.25) is 0 Å². The fraction of sp³-hybridized carbons (Fsp3) is 0.583. The number of nitrogens with zero attached hydrogens (tertiary/aromatic N) is 1. The van der Waals surface area contributed by atoms with Crippen molar-refractivity contribution >= 4 is 17.2 Å². The van der Waals surface area contributed by atoms with Crippen LogP contribution >= 0.6 is 11.6 Å². The summed E-state index contributed by atoms with van der Waals surface area (Å²) in [5.41, 5.74) is 1.95. The fourth-order valence-electron chi connectivity index (χ4n) is 2.69. The number of fused-ring (bicyclic) bond motifs is 2. The third-order valence-corrected chi connectivity index (χ3v) is 3.79. The van der Waals surface area contributed by atoms with E-state index in [0.29, 0.717) is 18.7 Å². The minimum absolute atomic E-state index is 0.335. The van der Waals surface area contributed by atoms with E-state index in [1.807, 2.05) is 6.07 Å². The van der Waals surface area contributed by atoms with Crippen molar-refractivity contribution in [2.75, 3.05) is 7.11 Å². The molecule has 0 aliphatic carbocycles. The van der Waals surface area contributed by atoms with Crippen LogP contribution in [0.3, 0.4) is 0 Å². The molecule has 1 N–H and O–H groups in total. The maximum absolute atomic E-state index is 6.36. The lowest BCUT2D eigenvalue weighted by atomic mass is 10.00. The monoisotopic (exact) mass is 254 g/mol. The summed E-state index contributed by atoms with van der Waals surface area (Å²) < 4.78 is 10.2. The van der Waals surface area contributed by atoms with Crippen LogP contribution < -0.4 is 5.32 Å². The molecule has 1 aromatic rings. The highest BCUT2D eigenvalue weighted by molar-refractivity contribution is 6.33. The van der Waals surface area contributed by atoms with Crippen LogP contribution in [0, 0.1) is 0 Å². The summed E-state index contributed by atoms with van der Waals surface area (Å²) in [6, 6.07) is 2.80. The van der Waals surface area contributed by atoms with Crippen molar-refractivity contribution in [1.29, 1.82) is 0 Å². The molecule has 4 nitrogen and oxygen atoms in total. The average molecular weight is 255 g/mol. The van der Waals surface area contributed by atoms with Crippen molar-refractivity contribution in [2.24, 2.45) is 0 Å². The summed E-state index contributed by atoms with van der Waals surface area (Å²) in [6.07, 6.45) is 3.22. The van der Waals surface area contributed by atoms with Crippen LogP contribution in [0.5, 0.6) is 0 Å². The Kier molecular flexibility index (Phi) is 2.94. The second kappa shape index (κ2) is 4.44. The topological polar surface area (TPSA) is 47.3 Å². The Bertz CT molecular complexity index is 455. The first kappa shape index (κ1) is 11.3. The Balaban J connectivity index is 1.91. The number of hydrogen-bond acceptors (Lipinski definition) is 4. The van der Waals surface area contributed by atoms with Crippen LogP contribution in [-0.2, 0) is 11.3 Å². The van der Waals surface area contributed by atoms with Crippen molar-refractivity contribution in [2.45, 2.75) is 38.0 Å². The number of aromatic nitrogens is 1. The molecule has 3 heterocycles. The SMILES string of the molecule is COCc1cc(C2=C(Cl)CC3CCC2N3)no1. The Morgan fingerprint density at radius 2 is 2.47 bits per heavy atom. The second-order valence-electron chi connectivity index (χ2n) is 4.63. The van der Waals surface area contributed by atoms with Gasteiger partial charge in [0.25, 0.3) is 0 Å². The predicted octanol–water partition coefficient (Wildman–Crippen LogP) is 2.30. The molecule has 92 valence electrons. The van der Waals surface area contributed by atoms with Crippen LogP contribution in [0.15, 0.2) is 15.6 Å². The molecule has 1 saturated heterocycles. The minimum atomic E-state index is 0.335. The van der Waals surface area contributed by atoms with Gasteiger partial charge in [-0.15, -0.1) is 0 Å². The van der Waals surface area contributed by atoms with E-state index >= 15 is 0 Å². The van der Waals surface area contributed by atoms with E-state index in [1.165, 1.54) is 6.42 Å². The number of rotatable bonds is 3. The highest BCUT2D eigenvalue weighted by atomic mass is 35.5. The highest BCUT2D eigenvalue weighted by Crippen LogP contribution is 2.38. The Labute approximate surface area is 105 Å². The van der Waals surface area contributed by atoms with E-state index in [1.54, 1.807) is 7.11 Å². The van der Waals surface area contributed by atoms with E-state index in [2.05, 4.69) is 10.5 Å². The van der Waals surface area contributed by atoms with Gasteiger partial charge in [0, 0.05) is 35.9 Å². The molecule has 5 heteroatoms. The molecule has 2 unspecified atom stereocenters. The zero-order chi connectivity index (χ0) is 11.8. The standard InChI is InChI=1S/C12H15ClN2O2/c1-16-6-8-5-11(15-17-8)12-9(13)4-7-2-3-10(12)14-7/h5,7,10,14H,2-4,6H2,1H3. The number of halogens is 1. The summed E-state index contributed by atoms with van der Waals surface area (Å²) >= 11 is 6.36. The number of methoxy groups -OCH3 is 1. The van der Waals surface area contributed by atoms with E-state index < -0.39 is 0 Å². The van der Waals surface area contributed by atoms with Gasteiger partial charge in [-0.25, -0.2) is 0 Å². The van der Waals surface area contributed by atoms with Crippen molar-refractivity contribution < 1.29 is 9.26 Å². The van der Waals surface area contributed by atoms with Crippen molar-refractivity contribution in [3.8, 4) is 0 Å². The van der Waals surface area contributed by atoms with Gasteiger partial charge < -0.3 is 14.6 Å². The van der Waals surface area contributed by atoms with Crippen LogP contribution in [0.1, 0.15) is 30.7 Å². The maximum atomic E-state index is 6.36. The summed E-state index contributed by atoms with van der Waals surface area (Å²) in [6.45, 7) is 0.443. The minimum Gasteiger partial charge on any atom is -0.377 e. The lowest BCUT2D eigenvalue weighted by Crippen LogP contribution is -2.34. The Morgan fingerprint density at radius 3 is 3.29 bits per heavy atom. The largest absolute Gasteiger partial charge is 0.377 e. The highest BCUT2D eigenvalue weighted by Gasteiger charge is 2.35. The Morgan fingerprint density at radius 1 is 1.59 bits per heavy atom. The van der Waals surface area contributed by atoms with Crippen LogP contribution in [0.2, 0.25) is 0 Å². The van der Waals surface area contributed by atoms with Gasteiger partial charge in [-0.05, 0) is 19.3 Å². The first-order valence-corrected chi connectivity index (χ1v) is 6.25. The number of hydrogen-bond donors (Lipinski definition) is 1. The third kappa shape index (κ3) is 2.01. The third-order valence-electron chi connectivity index (χ3n) is 3.43. The molecule has 0 saturated carbocycles. The maximum Gasteiger partial charge on any atom is 0.162 e. The molecule has 0 radical (unpaired) electrons. The fourth-order valence-corrected chi connectivity index (χ4v) is 3.11. The zero-order valence-corrected chi connectivity index (χ0v) is 10.5. The molecule has 3 rings (SSSR count). The molecule has 0 amide bonds. The molecule has 1 aromatic heterocycles. The summed E-state index contributed by atoms with van der Waals surface area (Å²) in [4.78, 5) is 0. The predicted molar refractivity (Wildman–Crippen MR) is 64.6 cm³/mol. The summed E-state index contributed by atoms with van der Waals surface area (Å²) in [5.74, 6) is 0.736. The quantitative estimate of drug-likeness (QED) is 0.899. The molecule has 2 aliphatic heterocycles. The smallest absolute Gasteiger partial charge is 0.162 e. The van der Waals surface area contributed by atoms with Gasteiger partial charge in [0.2, 0.25) is 0 Å². The van der Waals surface area contributed by atoms with Crippen LogP contribution in [0.4, 0.5) is 0 Å². The summed E-state index contributed by atoms with van der Waals surface area (Å²) in [7, 11) is 1.64. The lowest BCUT2D eigenvalue weighted by molar-refractivity contribution is 0.156.